The van der Waals surface area contributed by atoms with Gasteiger partial charge in [0.2, 0.25) is 0 Å². The lowest BCUT2D eigenvalue weighted by molar-refractivity contribution is 0.317. The van der Waals surface area contributed by atoms with Gasteiger partial charge in [0, 0.05) is 30.8 Å². The predicted molar refractivity (Wildman–Crippen MR) is 79.0 cm³/mol. The second-order valence-electron chi connectivity index (χ2n) is 5.23. The fourth-order valence-electron chi connectivity index (χ4n) is 2.76. The van der Waals surface area contributed by atoms with E-state index in [0.717, 1.165) is 37.8 Å². The molecule has 0 saturated carbocycles. The molecule has 2 aromatic rings. The number of hydrogen-bond donors (Lipinski definition) is 1. The van der Waals surface area contributed by atoms with Crippen LogP contribution >= 0.6 is 0 Å². The molecule has 20 heavy (non-hydrogen) atoms. The molecule has 1 atom stereocenters. The van der Waals surface area contributed by atoms with Gasteiger partial charge in [-0.15, -0.1) is 0 Å². The molecule has 0 spiro atoms. The molecule has 1 N–H and O–H groups in total. The van der Waals surface area contributed by atoms with Gasteiger partial charge in [-0.1, -0.05) is 25.1 Å². The molecule has 1 aliphatic rings. The van der Waals surface area contributed by atoms with E-state index in [1.54, 1.807) is 0 Å². The number of rotatable bonds is 5. The molecule has 2 heterocycles. The van der Waals surface area contributed by atoms with E-state index in [1.165, 1.54) is 11.3 Å². The summed E-state index contributed by atoms with van der Waals surface area (Å²) in [7, 11) is 0. The summed E-state index contributed by atoms with van der Waals surface area (Å²) >= 11 is 0. The van der Waals surface area contributed by atoms with E-state index in [4.69, 9.17) is 4.74 Å². The number of aromatic nitrogens is 2. The van der Waals surface area contributed by atoms with E-state index in [1.807, 2.05) is 12.3 Å². The van der Waals surface area contributed by atoms with Crippen LogP contribution in [0.5, 0.6) is 5.75 Å². The third-order valence-corrected chi connectivity index (χ3v) is 3.90. The number of nitrogens with zero attached hydrogens (tertiary/aromatic N) is 2. The Hall–Kier alpha value is -1.81. The predicted octanol–water partition coefficient (Wildman–Crippen LogP) is 2.48. The van der Waals surface area contributed by atoms with Crippen LogP contribution in [-0.4, -0.2) is 22.7 Å². The average molecular weight is 271 g/mol. The first-order valence-corrected chi connectivity index (χ1v) is 7.23. The Kier molecular flexibility index (Phi) is 3.74. The van der Waals surface area contributed by atoms with Gasteiger partial charge in [-0.05, 0) is 19.5 Å². The molecule has 1 aromatic carbocycles. The quantitative estimate of drug-likeness (QED) is 0.908. The van der Waals surface area contributed by atoms with Gasteiger partial charge in [0.05, 0.1) is 12.3 Å². The van der Waals surface area contributed by atoms with Crippen LogP contribution in [0, 0.1) is 6.92 Å². The molecule has 4 heteroatoms. The van der Waals surface area contributed by atoms with Crippen molar-refractivity contribution in [2.45, 2.75) is 32.9 Å². The molecule has 0 fully saturated rings. The molecular formula is C16H21N3O. The number of ether oxygens (including phenoxy) is 1. The van der Waals surface area contributed by atoms with E-state index in [9.17, 15) is 0 Å². The van der Waals surface area contributed by atoms with E-state index < -0.39 is 0 Å². The highest BCUT2D eigenvalue weighted by atomic mass is 16.5. The Morgan fingerprint density at radius 3 is 3.10 bits per heavy atom. The highest BCUT2D eigenvalue weighted by molar-refractivity contribution is 5.39. The van der Waals surface area contributed by atoms with Crippen LogP contribution in [-0.2, 0) is 13.1 Å². The molecule has 0 saturated heterocycles. The van der Waals surface area contributed by atoms with Crippen molar-refractivity contribution >= 4 is 0 Å². The molecular weight excluding hydrogens is 250 g/mol. The van der Waals surface area contributed by atoms with E-state index in [0.29, 0.717) is 5.92 Å². The van der Waals surface area contributed by atoms with Crippen molar-refractivity contribution in [3.63, 3.8) is 0 Å². The lowest BCUT2D eigenvalue weighted by Gasteiger charge is -2.15. The van der Waals surface area contributed by atoms with E-state index in [2.05, 4.69) is 46.9 Å². The van der Waals surface area contributed by atoms with Crippen molar-refractivity contribution in [2.24, 2.45) is 0 Å². The minimum atomic E-state index is 0.416. The maximum absolute atomic E-state index is 5.77. The first-order chi connectivity index (χ1) is 9.79. The SMILES string of the molecule is CCNCc1cnc(C)n1CC1COc2ccccc21. The number of benzene rings is 1. The number of hydrogen-bond acceptors (Lipinski definition) is 3. The van der Waals surface area contributed by atoms with Gasteiger partial charge in [0.1, 0.15) is 11.6 Å². The van der Waals surface area contributed by atoms with Gasteiger partial charge in [0.25, 0.3) is 0 Å². The minimum absolute atomic E-state index is 0.416. The zero-order valence-electron chi connectivity index (χ0n) is 12.1. The van der Waals surface area contributed by atoms with Crippen LogP contribution in [0.15, 0.2) is 30.5 Å². The van der Waals surface area contributed by atoms with Crippen LogP contribution in [0.1, 0.15) is 29.9 Å². The topological polar surface area (TPSA) is 39.1 Å². The monoisotopic (exact) mass is 271 g/mol. The molecule has 1 aromatic heterocycles. The van der Waals surface area contributed by atoms with Gasteiger partial charge in [-0.3, -0.25) is 0 Å². The Morgan fingerprint density at radius 2 is 2.25 bits per heavy atom. The highest BCUT2D eigenvalue weighted by Crippen LogP contribution is 2.34. The van der Waals surface area contributed by atoms with Crippen LogP contribution in [0.25, 0.3) is 0 Å². The number of fused-ring (bicyclic) bond motifs is 1. The number of nitrogens with one attached hydrogen (secondary N) is 1. The summed E-state index contributed by atoms with van der Waals surface area (Å²) in [5.74, 6) is 2.52. The van der Waals surface area contributed by atoms with Crippen molar-refractivity contribution in [3.8, 4) is 5.75 Å². The van der Waals surface area contributed by atoms with Crippen LogP contribution in [0.4, 0.5) is 0 Å². The standard InChI is InChI=1S/C16H21N3O/c1-3-17-8-14-9-18-12(2)19(14)10-13-11-20-16-7-5-4-6-15(13)16/h4-7,9,13,17H,3,8,10-11H2,1-2H3. The fourth-order valence-corrected chi connectivity index (χ4v) is 2.76. The van der Waals surface area contributed by atoms with Crippen molar-refractivity contribution in [3.05, 3.63) is 47.5 Å². The molecule has 0 radical (unpaired) electrons. The maximum Gasteiger partial charge on any atom is 0.122 e. The van der Waals surface area contributed by atoms with Gasteiger partial charge >= 0.3 is 0 Å². The third-order valence-electron chi connectivity index (χ3n) is 3.90. The van der Waals surface area contributed by atoms with Crippen molar-refractivity contribution in [1.82, 2.24) is 14.9 Å². The van der Waals surface area contributed by atoms with Crippen LogP contribution in [0.3, 0.4) is 0 Å². The van der Waals surface area contributed by atoms with E-state index in [-0.39, 0.29) is 0 Å². The molecule has 3 rings (SSSR count). The smallest absolute Gasteiger partial charge is 0.122 e. The first-order valence-electron chi connectivity index (χ1n) is 7.23. The van der Waals surface area contributed by atoms with Crippen molar-refractivity contribution < 1.29 is 4.74 Å². The number of para-hydroxylation sites is 1. The summed E-state index contributed by atoms with van der Waals surface area (Å²) in [6.45, 7) is 7.72. The Morgan fingerprint density at radius 1 is 1.40 bits per heavy atom. The Labute approximate surface area is 119 Å². The van der Waals surface area contributed by atoms with Crippen molar-refractivity contribution in [1.29, 1.82) is 0 Å². The Bertz CT molecular complexity index is 591. The summed E-state index contributed by atoms with van der Waals surface area (Å²) in [4.78, 5) is 4.45. The Balaban J connectivity index is 1.80. The summed E-state index contributed by atoms with van der Waals surface area (Å²) in [5, 5.41) is 3.37. The van der Waals surface area contributed by atoms with Gasteiger partial charge in [-0.25, -0.2) is 4.98 Å². The zero-order chi connectivity index (χ0) is 13.9. The highest BCUT2D eigenvalue weighted by Gasteiger charge is 2.25. The molecule has 106 valence electrons. The molecule has 4 nitrogen and oxygen atoms in total. The van der Waals surface area contributed by atoms with Gasteiger partial charge < -0.3 is 14.6 Å². The maximum atomic E-state index is 5.77. The molecule has 1 unspecified atom stereocenters. The molecule has 1 aliphatic heterocycles. The summed E-state index contributed by atoms with van der Waals surface area (Å²) in [6, 6.07) is 8.33. The summed E-state index contributed by atoms with van der Waals surface area (Å²) in [6.07, 6.45) is 1.97. The lowest BCUT2D eigenvalue weighted by Crippen LogP contribution is -2.19. The normalized spacial score (nSPS) is 17.0. The third kappa shape index (κ3) is 2.43. The van der Waals surface area contributed by atoms with Crippen molar-refractivity contribution in [2.75, 3.05) is 13.2 Å². The minimum Gasteiger partial charge on any atom is -0.493 e. The zero-order valence-corrected chi connectivity index (χ0v) is 12.1. The molecule has 0 aliphatic carbocycles. The fraction of sp³-hybridized carbons (Fsp3) is 0.438. The summed E-state index contributed by atoms with van der Waals surface area (Å²) < 4.78 is 8.08. The number of aryl methyl sites for hydroxylation is 1. The first kappa shape index (κ1) is 13.2. The summed E-state index contributed by atoms with van der Waals surface area (Å²) in [5.41, 5.74) is 2.56. The second-order valence-corrected chi connectivity index (χ2v) is 5.23. The van der Waals surface area contributed by atoms with Crippen LogP contribution < -0.4 is 10.1 Å². The number of imidazole rings is 1. The molecule has 0 amide bonds. The van der Waals surface area contributed by atoms with E-state index >= 15 is 0 Å². The molecule has 0 bridgehead atoms. The lowest BCUT2D eigenvalue weighted by atomic mass is 10.0. The average Bonchev–Trinajstić information content (AvgIpc) is 3.03. The second kappa shape index (κ2) is 5.67. The van der Waals surface area contributed by atoms with Crippen LogP contribution in [0.2, 0.25) is 0 Å². The van der Waals surface area contributed by atoms with Gasteiger partial charge in [0.15, 0.2) is 0 Å². The largest absolute Gasteiger partial charge is 0.493 e. The van der Waals surface area contributed by atoms with Gasteiger partial charge in [-0.2, -0.15) is 0 Å².